The lowest BCUT2D eigenvalue weighted by Crippen LogP contribution is -2.34. The van der Waals surface area contributed by atoms with Gasteiger partial charge in [-0.3, -0.25) is 14.5 Å². The predicted octanol–water partition coefficient (Wildman–Crippen LogP) is 6.58. The molecule has 5 nitrogen and oxygen atoms in total. The molecule has 0 bridgehead atoms. The first-order valence-corrected chi connectivity index (χ1v) is 14.0. The van der Waals surface area contributed by atoms with E-state index in [1.54, 1.807) is 11.3 Å². The molecule has 1 aliphatic carbocycles. The van der Waals surface area contributed by atoms with Crippen LogP contribution in [-0.4, -0.2) is 36.3 Å². The summed E-state index contributed by atoms with van der Waals surface area (Å²) in [4.78, 5) is 30.2. The first-order chi connectivity index (χ1) is 16.6. The van der Waals surface area contributed by atoms with Crippen molar-refractivity contribution >= 4 is 33.8 Å². The van der Waals surface area contributed by atoms with Crippen molar-refractivity contribution in [3.05, 3.63) is 45.3 Å². The largest absolute Gasteiger partial charge is 0.322 e. The zero-order valence-corrected chi connectivity index (χ0v) is 22.9. The maximum atomic E-state index is 13.6. The third-order valence-electron chi connectivity index (χ3n) is 7.67. The third-order valence-corrected chi connectivity index (χ3v) is 8.84. The number of rotatable bonds is 5. The number of aryl methyl sites for hydroxylation is 2. The van der Waals surface area contributed by atoms with Crippen molar-refractivity contribution in [2.24, 2.45) is 11.3 Å². The van der Waals surface area contributed by atoms with E-state index in [0.717, 1.165) is 62.0 Å². The fourth-order valence-electron chi connectivity index (χ4n) is 5.46. The van der Waals surface area contributed by atoms with Gasteiger partial charge in [-0.2, -0.15) is 0 Å². The molecule has 2 heterocycles. The van der Waals surface area contributed by atoms with Gasteiger partial charge < -0.3 is 10.6 Å². The second-order valence-electron chi connectivity index (χ2n) is 11.5. The van der Waals surface area contributed by atoms with E-state index < -0.39 is 0 Å². The number of thiophene rings is 1. The van der Waals surface area contributed by atoms with Gasteiger partial charge in [0, 0.05) is 10.6 Å². The van der Waals surface area contributed by atoms with Crippen LogP contribution in [0.4, 0.5) is 10.7 Å². The summed E-state index contributed by atoms with van der Waals surface area (Å²) in [5.41, 5.74) is 5.06. The first-order valence-electron chi connectivity index (χ1n) is 13.2. The molecule has 4 rings (SSSR count). The van der Waals surface area contributed by atoms with Crippen molar-refractivity contribution in [3.63, 3.8) is 0 Å². The zero-order chi connectivity index (χ0) is 25.2. The highest BCUT2D eigenvalue weighted by molar-refractivity contribution is 7.17. The number of anilines is 2. The Morgan fingerprint density at radius 2 is 1.77 bits per heavy atom. The average Bonchev–Trinajstić information content (AvgIpc) is 2.93. The molecule has 190 valence electrons. The van der Waals surface area contributed by atoms with Crippen LogP contribution >= 0.6 is 11.3 Å². The zero-order valence-electron chi connectivity index (χ0n) is 22.1. The molecule has 0 unspecified atom stereocenters. The van der Waals surface area contributed by atoms with Crippen LogP contribution < -0.4 is 10.6 Å². The van der Waals surface area contributed by atoms with E-state index in [2.05, 4.69) is 49.3 Å². The highest BCUT2D eigenvalue weighted by atomic mass is 32.1. The molecule has 1 aromatic carbocycles. The highest BCUT2D eigenvalue weighted by Crippen LogP contribution is 2.44. The molecule has 1 atom stereocenters. The fraction of sp³-hybridized carbons (Fsp3) is 0.586. The number of likely N-dealkylation sites (tertiary alicyclic amines) is 1. The van der Waals surface area contributed by atoms with Gasteiger partial charge in [0.15, 0.2) is 0 Å². The molecule has 1 aliphatic heterocycles. The lowest BCUT2D eigenvalue weighted by atomic mass is 9.72. The molecule has 2 aromatic rings. The molecule has 2 aliphatic rings. The lowest BCUT2D eigenvalue weighted by Gasteiger charge is -2.33. The van der Waals surface area contributed by atoms with Crippen LogP contribution in [0.5, 0.6) is 0 Å². The summed E-state index contributed by atoms with van der Waals surface area (Å²) in [7, 11) is 0. The molecule has 1 saturated heterocycles. The summed E-state index contributed by atoms with van der Waals surface area (Å²) in [6, 6.07) is 6.06. The van der Waals surface area contributed by atoms with E-state index in [-0.39, 0.29) is 17.2 Å². The highest BCUT2D eigenvalue weighted by Gasteiger charge is 2.34. The molecular formula is C29H41N3O2S. The summed E-state index contributed by atoms with van der Waals surface area (Å²) in [6.45, 7) is 13.3. The number of fused-ring (bicyclic) bond motifs is 1. The molecule has 0 spiro atoms. The molecule has 2 amide bonds. The van der Waals surface area contributed by atoms with E-state index in [4.69, 9.17) is 0 Å². The molecule has 2 N–H and O–H groups in total. The van der Waals surface area contributed by atoms with Crippen LogP contribution in [-0.2, 0) is 17.6 Å². The summed E-state index contributed by atoms with van der Waals surface area (Å²) in [5, 5.41) is 7.01. The smallest absolute Gasteiger partial charge is 0.258 e. The van der Waals surface area contributed by atoms with Crippen LogP contribution in [0.3, 0.4) is 0 Å². The Labute approximate surface area is 214 Å². The minimum absolute atomic E-state index is 0.0153. The number of benzene rings is 1. The Kier molecular flexibility index (Phi) is 8.02. The van der Waals surface area contributed by atoms with Crippen molar-refractivity contribution in [2.75, 3.05) is 30.3 Å². The van der Waals surface area contributed by atoms with Crippen molar-refractivity contribution in [2.45, 2.75) is 79.6 Å². The van der Waals surface area contributed by atoms with Gasteiger partial charge in [-0.15, -0.1) is 11.3 Å². The number of carbonyl (C=O) groups excluding carboxylic acids is 2. The maximum absolute atomic E-state index is 13.6. The molecule has 6 heteroatoms. The molecule has 0 saturated carbocycles. The van der Waals surface area contributed by atoms with Crippen molar-refractivity contribution in [1.82, 2.24) is 4.90 Å². The van der Waals surface area contributed by atoms with Crippen LogP contribution in [0.25, 0.3) is 0 Å². The maximum Gasteiger partial charge on any atom is 0.258 e. The normalized spacial score (nSPS) is 19.1. The summed E-state index contributed by atoms with van der Waals surface area (Å²) < 4.78 is 0. The Morgan fingerprint density at radius 1 is 1.06 bits per heavy atom. The lowest BCUT2D eigenvalue weighted by molar-refractivity contribution is -0.117. The average molecular weight is 496 g/mol. The van der Waals surface area contributed by atoms with Gasteiger partial charge in [-0.1, -0.05) is 51.3 Å². The standard InChI is InChI=1S/C29H41N3O2S/c1-19-10-13-23(20(2)16-19)30-27(34)26-22-12-11-21(29(3,4)5)17-24(22)35-28(26)31-25(33)18-32-14-8-6-7-9-15-32/h10,13,16,21H,6-9,11-12,14-15,17-18H2,1-5H3,(H,30,34)(H,31,33)/t21-/m1/s1. The minimum atomic E-state index is -0.117. The molecule has 0 radical (unpaired) electrons. The van der Waals surface area contributed by atoms with Crippen molar-refractivity contribution in [3.8, 4) is 0 Å². The van der Waals surface area contributed by atoms with Gasteiger partial charge in [0.2, 0.25) is 5.91 Å². The van der Waals surface area contributed by atoms with Crippen LogP contribution in [0.2, 0.25) is 0 Å². The summed E-state index contributed by atoms with van der Waals surface area (Å²) in [5.74, 6) is 0.441. The number of nitrogens with zero attached hydrogens (tertiary/aromatic N) is 1. The molecule has 35 heavy (non-hydrogen) atoms. The van der Waals surface area contributed by atoms with E-state index >= 15 is 0 Å². The molecule has 1 aromatic heterocycles. The number of amides is 2. The van der Waals surface area contributed by atoms with Crippen LogP contribution in [0.15, 0.2) is 18.2 Å². The fourth-order valence-corrected chi connectivity index (χ4v) is 6.80. The second-order valence-corrected chi connectivity index (χ2v) is 12.6. The van der Waals surface area contributed by atoms with Crippen LogP contribution in [0, 0.1) is 25.2 Å². The number of nitrogens with one attached hydrogen (secondary N) is 2. The van der Waals surface area contributed by atoms with Crippen molar-refractivity contribution < 1.29 is 9.59 Å². The van der Waals surface area contributed by atoms with E-state index in [0.29, 0.717) is 23.0 Å². The number of carbonyl (C=O) groups is 2. The SMILES string of the molecule is Cc1ccc(NC(=O)c2c(NC(=O)CN3CCCCCC3)sc3c2CC[C@@H](C(C)(C)C)C3)c(C)c1. The Morgan fingerprint density at radius 3 is 2.43 bits per heavy atom. The monoisotopic (exact) mass is 495 g/mol. The van der Waals surface area contributed by atoms with Gasteiger partial charge in [0.25, 0.3) is 5.91 Å². The summed E-state index contributed by atoms with van der Waals surface area (Å²) >= 11 is 1.61. The quantitative estimate of drug-likeness (QED) is 0.492. The number of hydrogen-bond donors (Lipinski definition) is 2. The Balaban J connectivity index is 1.59. The second kappa shape index (κ2) is 10.8. The topological polar surface area (TPSA) is 61.4 Å². The third kappa shape index (κ3) is 6.34. The first kappa shape index (κ1) is 25.9. The van der Waals surface area contributed by atoms with E-state index in [1.165, 1.54) is 23.3 Å². The van der Waals surface area contributed by atoms with Gasteiger partial charge >= 0.3 is 0 Å². The molecular weight excluding hydrogens is 454 g/mol. The van der Waals surface area contributed by atoms with Gasteiger partial charge in [-0.05, 0) is 87.6 Å². The predicted molar refractivity (Wildman–Crippen MR) is 147 cm³/mol. The van der Waals surface area contributed by atoms with Gasteiger partial charge in [-0.25, -0.2) is 0 Å². The minimum Gasteiger partial charge on any atom is -0.322 e. The molecule has 1 fully saturated rings. The van der Waals surface area contributed by atoms with E-state index in [1.807, 2.05) is 19.1 Å². The van der Waals surface area contributed by atoms with Gasteiger partial charge in [0.1, 0.15) is 5.00 Å². The number of hydrogen-bond acceptors (Lipinski definition) is 4. The van der Waals surface area contributed by atoms with Gasteiger partial charge in [0.05, 0.1) is 12.1 Å². The summed E-state index contributed by atoms with van der Waals surface area (Å²) in [6.07, 6.45) is 7.70. The van der Waals surface area contributed by atoms with Crippen LogP contribution in [0.1, 0.15) is 84.8 Å². The van der Waals surface area contributed by atoms with E-state index in [9.17, 15) is 9.59 Å². The Bertz CT molecular complexity index is 1070. The Hall–Kier alpha value is -2.18. The van der Waals surface area contributed by atoms with Crippen molar-refractivity contribution in [1.29, 1.82) is 0 Å².